The number of carboxylic acid groups (broad SMARTS) is 1. The number of carbonyl (C=O) groups is 2. The third kappa shape index (κ3) is 15.9. The average Bonchev–Trinajstić information content (AvgIpc) is 2.43. The number of rotatable bonds is 0. The van der Waals surface area contributed by atoms with Gasteiger partial charge in [0.25, 0.3) is 5.97 Å². The van der Waals surface area contributed by atoms with Gasteiger partial charge in [-0.3, -0.25) is 9.59 Å². The Morgan fingerprint density at radius 1 is 1.58 bits per heavy atom. The lowest BCUT2D eigenvalue weighted by Gasteiger charge is -1.80. The molecule has 70 valence electrons. The summed E-state index contributed by atoms with van der Waals surface area (Å²) < 4.78 is 0. The molecule has 2 N–H and O–H groups in total. The molecule has 0 radical (unpaired) electrons. The van der Waals surface area contributed by atoms with Crippen LogP contribution in [0.4, 0.5) is 0 Å². The topological polar surface area (TPSA) is 66.4 Å². The molecule has 0 spiro atoms. The second-order valence-corrected chi connectivity index (χ2v) is 1.97. The molecule has 1 saturated heterocycles. The minimum absolute atomic E-state index is 0.204. The van der Waals surface area contributed by atoms with Crippen molar-refractivity contribution in [3.63, 3.8) is 0 Å². The zero-order chi connectivity index (χ0) is 9.98. The zero-order valence-electron chi connectivity index (χ0n) is 7.30. The van der Waals surface area contributed by atoms with Gasteiger partial charge in [0.2, 0.25) is 5.91 Å². The van der Waals surface area contributed by atoms with Crippen molar-refractivity contribution < 1.29 is 14.7 Å². The molecule has 1 fully saturated rings. The van der Waals surface area contributed by atoms with E-state index >= 15 is 0 Å². The maximum Gasteiger partial charge on any atom is 0.300 e. The molecule has 0 saturated carbocycles. The number of hydrogen-bond donors (Lipinski definition) is 2. The van der Waals surface area contributed by atoms with E-state index < -0.39 is 5.97 Å². The molecular weight excluding hydrogens is 158 g/mol. The molecule has 1 amide bonds. The second-order valence-electron chi connectivity index (χ2n) is 1.97. The third-order valence-electron chi connectivity index (χ3n) is 0.903. The number of aliphatic carboxylic acids is 1. The number of nitrogens with one attached hydrogen (secondary N) is 1. The fraction of sp³-hybridized carbons (Fsp3) is 0.500. The van der Waals surface area contributed by atoms with E-state index in [0.717, 1.165) is 26.3 Å². The van der Waals surface area contributed by atoms with Crippen molar-refractivity contribution in [3.05, 3.63) is 13.2 Å². The van der Waals surface area contributed by atoms with E-state index in [0.29, 0.717) is 0 Å². The van der Waals surface area contributed by atoms with Crippen LogP contribution in [0.2, 0.25) is 0 Å². The summed E-state index contributed by atoms with van der Waals surface area (Å²) in [6.45, 7) is 7.97. The summed E-state index contributed by atoms with van der Waals surface area (Å²) in [6.07, 6.45) is 1.76. The minimum Gasteiger partial charge on any atom is -0.481 e. The highest BCUT2D eigenvalue weighted by atomic mass is 16.4. The molecular formula is C8H15NO3. The molecule has 1 heterocycles. The molecule has 12 heavy (non-hydrogen) atoms. The van der Waals surface area contributed by atoms with E-state index in [-0.39, 0.29) is 5.91 Å². The first-order valence-corrected chi connectivity index (χ1v) is 3.59. The largest absolute Gasteiger partial charge is 0.481 e. The lowest BCUT2D eigenvalue weighted by molar-refractivity contribution is -0.134. The van der Waals surface area contributed by atoms with Crippen LogP contribution < -0.4 is 5.32 Å². The van der Waals surface area contributed by atoms with Crippen LogP contribution in [0, 0.1) is 0 Å². The van der Waals surface area contributed by atoms with Crippen LogP contribution in [-0.2, 0) is 9.59 Å². The van der Waals surface area contributed by atoms with Gasteiger partial charge in [-0.2, -0.15) is 0 Å². The Bertz CT molecular complexity index is 133. The van der Waals surface area contributed by atoms with E-state index in [9.17, 15) is 4.79 Å². The monoisotopic (exact) mass is 173 g/mol. The highest BCUT2D eigenvalue weighted by Crippen LogP contribution is 1.93. The number of hydrogen-bond acceptors (Lipinski definition) is 2. The van der Waals surface area contributed by atoms with Gasteiger partial charge in [0, 0.05) is 19.9 Å². The minimum atomic E-state index is -0.833. The predicted molar refractivity (Wildman–Crippen MR) is 46.8 cm³/mol. The molecule has 0 bridgehead atoms. The second kappa shape index (κ2) is 9.68. The van der Waals surface area contributed by atoms with Gasteiger partial charge in [0.05, 0.1) is 0 Å². The maximum atomic E-state index is 10.1. The van der Waals surface area contributed by atoms with Crippen LogP contribution >= 0.6 is 0 Å². The van der Waals surface area contributed by atoms with Crippen molar-refractivity contribution in [3.8, 4) is 0 Å². The van der Waals surface area contributed by atoms with Gasteiger partial charge in [0.15, 0.2) is 0 Å². The highest BCUT2D eigenvalue weighted by Gasteiger charge is 2.05. The number of carbonyl (C=O) groups excluding carboxylic acids is 1. The van der Waals surface area contributed by atoms with Crippen LogP contribution in [0.15, 0.2) is 13.2 Å². The molecule has 1 rings (SSSR count). The SMILES string of the molecule is C=C.CC(=O)O.O=C1CCCN1. The van der Waals surface area contributed by atoms with Crippen molar-refractivity contribution in [1.29, 1.82) is 0 Å². The Labute approximate surface area is 72.3 Å². The molecule has 0 aromatic carbocycles. The van der Waals surface area contributed by atoms with Gasteiger partial charge in [-0.1, -0.05) is 0 Å². The van der Waals surface area contributed by atoms with Crippen molar-refractivity contribution in [2.45, 2.75) is 19.8 Å². The molecule has 0 aromatic rings. The Morgan fingerprint density at radius 3 is 2.08 bits per heavy atom. The van der Waals surface area contributed by atoms with E-state index in [1.165, 1.54) is 0 Å². The fourth-order valence-corrected chi connectivity index (χ4v) is 0.565. The Morgan fingerprint density at radius 2 is 2.00 bits per heavy atom. The molecule has 0 unspecified atom stereocenters. The van der Waals surface area contributed by atoms with Gasteiger partial charge in [-0.25, -0.2) is 0 Å². The van der Waals surface area contributed by atoms with Gasteiger partial charge in [-0.05, 0) is 6.42 Å². The smallest absolute Gasteiger partial charge is 0.300 e. The average molecular weight is 173 g/mol. The summed E-state index contributed by atoms with van der Waals surface area (Å²) in [6, 6.07) is 0. The maximum absolute atomic E-state index is 10.1. The van der Waals surface area contributed by atoms with Crippen LogP contribution in [0.3, 0.4) is 0 Å². The summed E-state index contributed by atoms with van der Waals surface area (Å²) in [5, 5.41) is 10.1. The standard InChI is InChI=1S/C4H7NO.C2H4O2.C2H4/c6-4-2-1-3-5-4;1-2(3)4;1-2/h1-3H2,(H,5,6);1H3,(H,3,4);1-2H2. The van der Waals surface area contributed by atoms with Crippen molar-refractivity contribution >= 4 is 11.9 Å². The molecule has 0 atom stereocenters. The van der Waals surface area contributed by atoms with E-state index in [1.807, 2.05) is 0 Å². The van der Waals surface area contributed by atoms with E-state index in [4.69, 9.17) is 9.90 Å². The molecule has 0 aromatic heterocycles. The molecule has 4 nitrogen and oxygen atoms in total. The summed E-state index contributed by atoms with van der Waals surface area (Å²) in [5.41, 5.74) is 0. The first-order chi connectivity index (χ1) is 5.63. The Hall–Kier alpha value is -1.32. The summed E-state index contributed by atoms with van der Waals surface area (Å²) in [4.78, 5) is 19.1. The number of carboxylic acids is 1. The summed E-state index contributed by atoms with van der Waals surface area (Å²) in [5.74, 6) is -0.630. The number of amides is 1. The van der Waals surface area contributed by atoms with Gasteiger partial charge in [0.1, 0.15) is 0 Å². The first-order valence-electron chi connectivity index (χ1n) is 3.59. The Balaban J connectivity index is 0. The molecule has 1 aliphatic heterocycles. The van der Waals surface area contributed by atoms with E-state index in [2.05, 4.69) is 18.5 Å². The first kappa shape index (κ1) is 13.3. The lowest BCUT2D eigenvalue weighted by Crippen LogP contribution is -2.12. The van der Waals surface area contributed by atoms with Crippen LogP contribution in [0.5, 0.6) is 0 Å². The van der Waals surface area contributed by atoms with Gasteiger partial charge in [-0.15, -0.1) is 13.2 Å². The predicted octanol–water partition coefficient (Wildman–Crippen LogP) is 0.789. The fourth-order valence-electron chi connectivity index (χ4n) is 0.565. The normalized spacial score (nSPS) is 12.9. The summed E-state index contributed by atoms with van der Waals surface area (Å²) in [7, 11) is 0. The van der Waals surface area contributed by atoms with Gasteiger partial charge >= 0.3 is 0 Å². The van der Waals surface area contributed by atoms with Crippen molar-refractivity contribution in [2.75, 3.05) is 6.54 Å². The van der Waals surface area contributed by atoms with E-state index in [1.54, 1.807) is 0 Å². The highest BCUT2D eigenvalue weighted by molar-refractivity contribution is 5.77. The quantitative estimate of drug-likeness (QED) is 0.532. The van der Waals surface area contributed by atoms with Crippen LogP contribution in [-0.4, -0.2) is 23.5 Å². The van der Waals surface area contributed by atoms with Crippen LogP contribution in [0.1, 0.15) is 19.8 Å². The van der Waals surface area contributed by atoms with Gasteiger partial charge < -0.3 is 10.4 Å². The van der Waals surface area contributed by atoms with Crippen molar-refractivity contribution in [1.82, 2.24) is 5.32 Å². The molecule has 0 aliphatic carbocycles. The summed E-state index contributed by atoms with van der Waals surface area (Å²) >= 11 is 0. The Kier molecular flexibility index (Phi) is 10.7. The zero-order valence-corrected chi connectivity index (χ0v) is 7.30. The lowest BCUT2D eigenvalue weighted by atomic mass is 10.4. The molecule has 4 heteroatoms. The van der Waals surface area contributed by atoms with Crippen LogP contribution in [0.25, 0.3) is 0 Å². The van der Waals surface area contributed by atoms with Crippen molar-refractivity contribution in [2.24, 2.45) is 0 Å². The molecule has 1 aliphatic rings. The third-order valence-corrected chi connectivity index (χ3v) is 0.903.